The van der Waals surface area contributed by atoms with E-state index in [1.807, 2.05) is 20.8 Å². The topological polar surface area (TPSA) is 335 Å². The number of esters is 3. The van der Waals surface area contributed by atoms with Gasteiger partial charge in [0.15, 0.2) is 12.3 Å². The van der Waals surface area contributed by atoms with Gasteiger partial charge in [-0.15, -0.1) is 0 Å². The number of hydrogen-bond acceptors (Lipinski definition) is 20. The Hall–Kier alpha value is -6.47. The Bertz CT molecular complexity index is 2500. The molecule has 4 amide bonds. The Balaban J connectivity index is 1.54. The van der Waals surface area contributed by atoms with E-state index in [0.29, 0.717) is 33.5 Å². The van der Waals surface area contributed by atoms with Gasteiger partial charge in [-0.3, -0.25) is 34.0 Å². The number of carbonyl (C=O) groups is 5. The molecular weight excluding hydrogens is 953 g/mol. The summed E-state index contributed by atoms with van der Waals surface area (Å²) in [5, 5.41) is 18.6. The van der Waals surface area contributed by atoms with Crippen molar-refractivity contribution in [1.82, 2.24) is 47.0 Å². The Kier molecular flexibility index (Phi) is 22.8. The highest BCUT2D eigenvalue weighted by molar-refractivity contribution is 5.85. The van der Waals surface area contributed by atoms with Crippen LogP contribution in [-0.2, 0) is 86.8 Å². The Morgan fingerprint density at radius 1 is 0.423 bits per heavy atom. The van der Waals surface area contributed by atoms with Crippen LogP contribution in [0.2, 0.25) is 0 Å². The molecule has 2 aromatic heterocycles. The number of fused-ring (bicyclic) bond motifs is 1. The molecule has 30 heteroatoms. The van der Waals surface area contributed by atoms with Crippen LogP contribution >= 0.6 is 0 Å². The van der Waals surface area contributed by atoms with Crippen LogP contribution in [0.3, 0.4) is 0 Å². The number of ether oxygens (including phenoxy) is 7. The molecule has 71 heavy (non-hydrogen) atoms. The first-order valence-corrected chi connectivity index (χ1v) is 23.1. The van der Waals surface area contributed by atoms with Gasteiger partial charge in [-0.05, 0) is 19.3 Å². The van der Waals surface area contributed by atoms with E-state index in [0.717, 1.165) is 45.6 Å². The van der Waals surface area contributed by atoms with Crippen LogP contribution in [0.1, 0.15) is 59.3 Å². The van der Waals surface area contributed by atoms with Gasteiger partial charge in [-0.2, -0.15) is 0 Å². The monoisotopic (exact) mass is 1020 g/mol. The highest BCUT2D eigenvalue weighted by Gasteiger charge is 2.59. The van der Waals surface area contributed by atoms with Crippen LogP contribution in [0.25, 0.3) is 0 Å². The van der Waals surface area contributed by atoms with E-state index in [1.54, 1.807) is 0 Å². The second kappa shape index (κ2) is 28.4. The number of aromatic nitrogens is 6. The fourth-order valence-electron chi connectivity index (χ4n) is 7.23. The van der Waals surface area contributed by atoms with Gasteiger partial charge < -0.3 is 43.4 Å². The van der Waals surface area contributed by atoms with Gasteiger partial charge in [0.25, 0.3) is 0 Å². The first-order chi connectivity index (χ1) is 34.1. The van der Waals surface area contributed by atoms with Crippen molar-refractivity contribution in [2.75, 3.05) is 86.9 Å². The van der Waals surface area contributed by atoms with E-state index in [4.69, 9.17) is 28.8 Å². The van der Waals surface area contributed by atoms with Crippen LogP contribution < -0.4 is 34.1 Å². The third-order valence-electron chi connectivity index (χ3n) is 11.0. The van der Waals surface area contributed by atoms with Gasteiger partial charge in [0.2, 0.25) is 0 Å². The maximum absolute atomic E-state index is 14.1. The van der Waals surface area contributed by atoms with Crippen molar-refractivity contribution < 1.29 is 67.3 Å². The number of urea groups is 2. The average Bonchev–Trinajstić information content (AvgIpc) is 3.77. The predicted molar refractivity (Wildman–Crippen MR) is 240 cm³/mol. The standard InChI is InChI=1S/C41H64N10O20/c1-5-8-16-66-25-48-32-33(50(40(48)63)27-68-18-10-7-3)51(41(64)49(32)26-67-17-9-6-2)28-69-19-12-43-34(57)42(11-14-52)35(58)44(36(43)59)13-20-70-30(55)23-46-37(60)45(22-29(54)65-4)38(61)47(39(46)62)24-31(56)71-21-15-53/h32-33,52-53H,5-28H2,1-4H3. The average molecular weight is 1020 g/mol. The van der Waals surface area contributed by atoms with Gasteiger partial charge >= 0.3 is 64.1 Å². The maximum atomic E-state index is 14.1. The Morgan fingerprint density at radius 2 is 0.746 bits per heavy atom. The molecule has 0 spiro atoms. The van der Waals surface area contributed by atoms with Crippen molar-refractivity contribution in [2.24, 2.45) is 0 Å². The molecule has 2 N–H and O–H groups in total. The summed E-state index contributed by atoms with van der Waals surface area (Å²) in [4.78, 5) is 151. The predicted octanol–water partition coefficient (Wildman–Crippen LogP) is -3.97. The summed E-state index contributed by atoms with van der Waals surface area (Å²) < 4.78 is 39.9. The molecule has 0 saturated carbocycles. The summed E-state index contributed by atoms with van der Waals surface area (Å²) in [7, 11) is 0.946. The minimum absolute atomic E-state index is 0.126. The van der Waals surface area contributed by atoms with Crippen LogP contribution in [0, 0.1) is 0 Å². The lowest BCUT2D eigenvalue weighted by atomic mass is 10.3. The van der Waals surface area contributed by atoms with E-state index in [9.17, 15) is 57.8 Å². The molecule has 398 valence electrons. The molecule has 2 unspecified atom stereocenters. The molecule has 2 saturated heterocycles. The molecule has 0 aromatic carbocycles. The number of aliphatic hydroxyl groups is 2. The van der Waals surface area contributed by atoms with Gasteiger partial charge in [0.1, 0.15) is 59.8 Å². The highest BCUT2D eigenvalue weighted by Crippen LogP contribution is 2.35. The molecule has 30 nitrogen and oxygen atoms in total. The number of carbonyl (C=O) groups excluding carboxylic acids is 5. The SMILES string of the molecule is CCCCOCN1C(=O)N(COCCCC)C2C1N(COCCCC)C(=O)N2COCCn1c(=O)n(CCO)c(=O)n(CCOC(=O)Cn2c(=O)n(CC(=O)OC)c(=O)n(CC(=O)OCCO)c2=O)c1=O. The molecule has 2 fully saturated rings. The van der Waals surface area contributed by atoms with E-state index in [-0.39, 0.29) is 33.9 Å². The largest absolute Gasteiger partial charge is 0.468 e. The second-order valence-electron chi connectivity index (χ2n) is 15.9. The first-order valence-electron chi connectivity index (χ1n) is 23.1. The third-order valence-corrected chi connectivity index (χ3v) is 11.0. The summed E-state index contributed by atoms with van der Waals surface area (Å²) in [5.41, 5.74) is -7.92. The Morgan fingerprint density at radius 3 is 1.10 bits per heavy atom. The smallest absolute Gasteiger partial charge is 0.337 e. The number of rotatable bonds is 33. The zero-order chi connectivity index (χ0) is 52.2. The summed E-state index contributed by atoms with van der Waals surface area (Å²) in [6, 6.07) is -1.01. The zero-order valence-corrected chi connectivity index (χ0v) is 40.3. The molecule has 2 aromatic rings. The van der Waals surface area contributed by atoms with Gasteiger partial charge in [-0.25, -0.2) is 65.8 Å². The normalized spacial score (nSPS) is 15.5. The number of unbranched alkanes of at least 4 members (excludes halogenated alkanes) is 3. The fourth-order valence-corrected chi connectivity index (χ4v) is 7.23. The molecule has 0 radical (unpaired) electrons. The van der Waals surface area contributed by atoms with Crippen LogP contribution in [0.4, 0.5) is 9.59 Å². The van der Waals surface area contributed by atoms with E-state index in [1.165, 1.54) is 19.6 Å². The number of aliphatic hydroxyl groups excluding tert-OH is 2. The quantitative estimate of drug-likeness (QED) is 0.0391. The summed E-state index contributed by atoms with van der Waals surface area (Å²) in [6.07, 6.45) is 2.91. The summed E-state index contributed by atoms with van der Waals surface area (Å²) >= 11 is 0. The molecule has 2 aliphatic heterocycles. The minimum atomic E-state index is -1.49. The molecular formula is C41H64N10O20. The number of hydrogen-bond donors (Lipinski definition) is 2. The first kappa shape index (κ1) is 57.1. The second-order valence-corrected chi connectivity index (χ2v) is 15.9. The van der Waals surface area contributed by atoms with E-state index < -0.39 is 155 Å². The van der Waals surface area contributed by atoms with Crippen molar-refractivity contribution >= 4 is 30.0 Å². The fraction of sp³-hybridized carbons (Fsp3) is 0.732. The molecule has 4 heterocycles. The number of amides is 4. The van der Waals surface area contributed by atoms with Crippen molar-refractivity contribution in [3.05, 3.63) is 62.9 Å². The van der Waals surface area contributed by atoms with Gasteiger partial charge in [-0.1, -0.05) is 40.0 Å². The Labute approximate surface area is 404 Å². The molecule has 2 aliphatic rings. The minimum Gasteiger partial charge on any atom is -0.468 e. The number of methoxy groups -OCH3 is 1. The molecule has 0 aliphatic carbocycles. The van der Waals surface area contributed by atoms with Crippen molar-refractivity contribution in [3.8, 4) is 0 Å². The highest BCUT2D eigenvalue weighted by atomic mass is 16.5. The van der Waals surface area contributed by atoms with Crippen LogP contribution in [0.15, 0.2) is 28.8 Å². The molecule has 0 bridgehead atoms. The molecule has 2 atom stereocenters. The van der Waals surface area contributed by atoms with E-state index in [2.05, 4.69) is 9.47 Å². The summed E-state index contributed by atoms with van der Waals surface area (Å²) in [5.74, 6) is -3.64. The van der Waals surface area contributed by atoms with Crippen molar-refractivity contribution in [2.45, 2.75) is 111 Å². The van der Waals surface area contributed by atoms with Crippen LogP contribution in [-0.4, -0.2) is 186 Å². The maximum Gasteiger partial charge on any atom is 0.337 e. The lowest BCUT2D eigenvalue weighted by molar-refractivity contribution is -0.145. The lowest BCUT2D eigenvalue weighted by Gasteiger charge is -2.29. The lowest BCUT2D eigenvalue weighted by Crippen LogP contribution is -2.56. The summed E-state index contributed by atoms with van der Waals surface area (Å²) in [6.45, 7) is -1.99. The molecule has 4 rings (SSSR count). The van der Waals surface area contributed by atoms with E-state index >= 15 is 0 Å². The van der Waals surface area contributed by atoms with Crippen molar-refractivity contribution in [1.29, 1.82) is 0 Å². The van der Waals surface area contributed by atoms with Gasteiger partial charge in [0, 0.05) is 19.8 Å². The van der Waals surface area contributed by atoms with Gasteiger partial charge in [0.05, 0.1) is 46.6 Å². The third kappa shape index (κ3) is 14.3. The zero-order valence-electron chi connectivity index (χ0n) is 40.3. The number of nitrogens with zero attached hydrogens (tertiary/aromatic N) is 10. The van der Waals surface area contributed by atoms with Crippen LogP contribution in [0.5, 0.6) is 0 Å². The van der Waals surface area contributed by atoms with Crippen molar-refractivity contribution in [3.63, 3.8) is 0 Å².